The molecular weight excluding hydrogens is 304 g/mol. The van der Waals surface area contributed by atoms with Gasteiger partial charge in [-0.05, 0) is 38.1 Å². The quantitative estimate of drug-likeness (QED) is 0.789. The van der Waals surface area contributed by atoms with E-state index in [9.17, 15) is 4.79 Å². The smallest absolute Gasteiger partial charge is 0.234 e. The third kappa shape index (κ3) is 5.25. The largest absolute Gasteiger partial charge is 0.354 e. The molecule has 1 amide bonds. The Morgan fingerprint density at radius 1 is 1.35 bits per heavy atom. The molecule has 0 saturated heterocycles. The van der Waals surface area contributed by atoms with Crippen LogP contribution in [0.25, 0.3) is 0 Å². The molecule has 2 rings (SSSR count). The minimum atomic E-state index is 0.147. The molecule has 0 radical (unpaired) electrons. The summed E-state index contributed by atoms with van der Waals surface area (Å²) in [7, 11) is 2.09. The first-order valence-electron chi connectivity index (χ1n) is 8.70. The zero-order chi connectivity index (χ0) is 16.7. The van der Waals surface area contributed by atoms with E-state index >= 15 is 0 Å². The molecule has 1 fully saturated rings. The number of nitrogens with one attached hydrogen (secondary N) is 1. The van der Waals surface area contributed by atoms with Crippen LogP contribution in [0.1, 0.15) is 44.1 Å². The average Bonchev–Trinajstić information content (AvgIpc) is 3.05. The molecule has 3 nitrogen and oxygen atoms in total. The van der Waals surface area contributed by atoms with E-state index in [4.69, 9.17) is 0 Å². The summed E-state index contributed by atoms with van der Waals surface area (Å²) in [6.07, 6.45) is 7.01. The second-order valence-corrected chi connectivity index (χ2v) is 7.58. The average molecular weight is 335 g/mol. The summed E-state index contributed by atoms with van der Waals surface area (Å²) in [5, 5.41) is 3.81. The van der Waals surface area contributed by atoms with Crippen molar-refractivity contribution in [3.05, 3.63) is 35.9 Å². The zero-order valence-electron chi connectivity index (χ0n) is 14.6. The van der Waals surface area contributed by atoms with Crippen LogP contribution in [0.2, 0.25) is 0 Å². The third-order valence-corrected chi connectivity index (χ3v) is 6.14. The highest BCUT2D eigenvalue weighted by atomic mass is 32.2. The molecule has 1 aromatic carbocycles. The van der Waals surface area contributed by atoms with E-state index in [1.165, 1.54) is 24.8 Å². The maximum atomic E-state index is 12.3. The molecule has 0 spiro atoms. The van der Waals surface area contributed by atoms with Gasteiger partial charge >= 0.3 is 0 Å². The van der Waals surface area contributed by atoms with Crippen LogP contribution in [0, 0.1) is 0 Å². The van der Waals surface area contributed by atoms with Crippen molar-refractivity contribution in [1.29, 1.82) is 0 Å². The number of carbonyl (C=O) groups is 1. The Morgan fingerprint density at radius 2 is 2.09 bits per heavy atom. The minimum absolute atomic E-state index is 0.147. The van der Waals surface area contributed by atoms with Crippen molar-refractivity contribution < 1.29 is 4.79 Å². The van der Waals surface area contributed by atoms with Gasteiger partial charge in [-0.2, -0.15) is 11.8 Å². The lowest BCUT2D eigenvalue weighted by molar-refractivity contribution is -0.122. The van der Waals surface area contributed by atoms with Gasteiger partial charge in [-0.1, -0.05) is 43.7 Å². The SMILES string of the molecule is CC[C@H](CNC(=O)CN(C)[C@@H]1CCC[C@@H]1SC)c1ccccc1. The Hall–Kier alpha value is -1.00. The molecule has 0 bridgehead atoms. The van der Waals surface area contributed by atoms with Gasteiger partial charge < -0.3 is 5.32 Å². The molecule has 23 heavy (non-hydrogen) atoms. The first-order valence-corrected chi connectivity index (χ1v) is 9.99. The summed E-state index contributed by atoms with van der Waals surface area (Å²) >= 11 is 1.94. The van der Waals surface area contributed by atoms with Crippen LogP contribution >= 0.6 is 11.8 Å². The molecule has 4 heteroatoms. The van der Waals surface area contributed by atoms with Gasteiger partial charge in [-0.25, -0.2) is 0 Å². The Balaban J connectivity index is 1.80. The minimum Gasteiger partial charge on any atom is -0.354 e. The molecule has 3 atom stereocenters. The fourth-order valence-electron chi connectivity index (χ4n) is 3.55. The van der Waals surface area contributed by atoms with Crippen LogP contribution in [0.4, 0.5) is 0 Å². The number of amides is 1. The zero-order valence-corrected chi connectivity index (χ0v) is 15.4. The van der Waals surface area contributed by atoms with Crippen molar-refractivity contribution in [3.63, 3.8) is 0 Å². The maximum Gasteiger partial charge on any atom is 0.234 e. The van der Waals surface area contributed by atoms with E-state index in [2.05, 4.69) is 54.7 Å². The first kappa shape index (κ1) is 18.3. The van der Waals surface area contributed by atoms with E-state index in [1.54, 1.807) is 0 Å². The van der Waals surface area contributed by atoms with Crippen LogP contribution in [-0.2, 0) is 4.79 Å². The van der Waals surface area contributed by atoms with Gasteiger partial charge in [0, 0.05) is 23.8 Å². The number of likely N-dealkylation sites (N-methyl/N-ethyl adjacent to an activating group) is 1. The number of nitrogens with zero attached hydrogens (tertiary/aromatic N) is 1. The Kier molecular flexibility index (Phi) is 7.44. The second kappa shape index (κ2) is 9.33. The van der Waals surface area contributed by atoms with Crippen molar-refractivity contribution in [3.8, 4) is 0 Å². The Bertz CT molecular complexity index is 480. The fourth-order valence-corrected chi connectivity index (χ4v) is 4.61. The monoisotopic (exact) mass is 334 g/mol. The van der Waals surface area contributed by atoms with Crippen molar-refractivity contribution in [2.75, 3.05) is 26.4 Å². The van der Waals surface area contributed by atoms with Gasteiger partial charge in [-0.15, -0.1) is 0 Å². The Labute approximate surface area is 145 Å². The second-order valence-electron chi connectivity index (χ2n) is 6.51. The highest BCUT2D eigenvalue weighted by Gasteiger charge is 2.30. The van der Waals surface area contributed by atoms with E-state index in [-0.39, 0.29) is 5.91 Å². The lowest BCUT2D eigenvalue weighted by Crippen LogP contribution is -2.43. The van der Waals surface area contributed by atoms with Crippen LogP contribution < -0.4 is 5.32 Å². The number of thioether (sulfide) groups is 1. The Morgan fingerprint density at radius 3 is 2.74 bits per heavy atom. The van der Waals surface area contributed by atoms with Crippen LogP contribution in [-0.4, -0.2) is 48.5 Å². The van der Waals surface area contributed by atoms with Crippen molar-refractivity contribution in [2.24, 2.45) is 0 Å². The first-order chi connectivity index (χ1) is 11.2. The van der Waals surface area contributed by atoms with E-state index in [0.717, 1.165) is 13.0 Å². The third-order valence-electron chi connectivity index (χ3n) is 4.99. The predicted molar refractivity (Wildman–Crippen MR) is 100 cm³/mol. The van der Waals surface area contributed by atoms with Crippen LogP contribution in [0.3, 0.4) is 0 Å². The normalized spacial score (nSPS) is 22.3. The van der Waals surface area contributed by atoms with Gasteiger partial charge in [0.2, 0.25) is 5.91 Å². The highest BCUT2D eigenvalue weighted by Crippen LogP contribution is 2.31. The molecule has 0 aromatic heterocycles. The molecule has 128 valence electrons. The molecule has 1 N–H and O–H groups in total. The van der Waals surface area contributed by atoms with E-state index in [1.807, 2.05) is 17.8 Å². The topological polar surface area (TPSA) is 32.3 Å². The lowest BCUT2D eigenvalue weighted by atomic mass is 9.96. The van der Waals surface area contributed by atoms with Gasteiger partial charge in [-0.3, -0.25) is 9.69 Å². The number of hydrogen-bond acceptors (Lipinski definition) is 3. The number of hydrogen-bond donors (Lipinski definition) is 1. The molecule has 1 aromatic rings. The van der Waals surface area contributed by atoms with Crippen molar-refractivity contribution >= 4 is 17.7 Å². The van der Waals surface area contributed by atoms with E-state index in [0.29, 0.717) is 23.8 Å². The molecular formula is C19H30N2OS. The van der Waals surface area contributed by atoms with Gasteiger partial charge in [0.15, 0.2) is 0 Å². The highest BCUT2D eigenvalue weighted by molar-refractivity contribution is 7.99. The van der Waals surface area contributed by atoms with Gasteiger partial charge in [0.05, 0.1) is 6.54 Å². The molecule has 1 saturated carbocycles. The van der Waals surface area contributed by atoms with E-state index < -0.39 is 0 Å². The van der Waals surface area contributed by atoms with Crippen LogP contribution in [0.15, 0.2) is 30.3 Å². The maximum absolute atomic E-state index is 12.3. The summed E-state index contributed by atoms with van der Waals surface area (Å²) < 4.78 is 0. The molecule has 0 heterocycles. The molecule has 1 aliphatic carbocycles. The number of carbonyl (C=O) groups excluding carboxylic acids is 1. The number of rotatable bonds is 8. The predicted octanol–water partition coefficient (Wildman–Crippen LogP) is 3.51. The van der Waals surface area contributed by atoms with Crippen LogP contribution in [0.5, 0.6) is 0 Å². The summed E-state index contributed by atoms with van der Waals surface area (Å²) in [6.45, 7) is 3.41. The molecule has 0 unspecified atom stereocenters. The van der Waals surface area contributed by atoms with Crippen molar-refractivity contribution in [2.45, 2.75) is 49.8 Å². The van der Waals surface area contributed by atoms with Gasteiger partial charge in [0.1, 0.15) is 0 Å². The van der Waals surface area contributed by atoms with Crippen molar-refractivity contribution in [1.82, 2.24) is 10.2 Å². The lowest BCUT2D eigenvalue weighted by Gasteiger charge is -2.28. The standard InChI is InChI=1S/C19H30N2OS/c1-4-15(16-9-6-5-7-10-16)13-20-19(22)14-21(2)17-11-8-12-18(17)23-3/h5-7,9-10,15,17-18H,4,8,11-14H2,1-3H3,(H,20,22)/t15-,17-,18+/m1/s1. The molecule has 1 aliphatic rings. The summed E-state index contributed by atoms with van der Waals surface area (Å²) in [4.78, 5) is 14.5. The summed E-state index contributed by atoms with van der Waals surface area (Å²) in [5.74, 6) is 0.546. The molecule has 0 aliphatic heterocycles. The fraction of sp³-hybridized carbons (Fsp3) is 0.632. The summed E-state index contributed by atoms with van der Waals surface area (Å²) in [6, 6.07) is 11.0. The number of benzene rings is 1. The summed E-state index contributed by atoms with van der Waals surface area (Å²) in [5.41, 5.74) is 1.31. The van der Waals surface area contributed by atoms with Gasteiger partial charge in [0.25, 0.3) is 0 Å².